The summed E-state index contributed by atoms with van der Waals surface area (Å²) in [6.07, 6.45) is 1.30. The van der Waals surface area contributed by atoms with Crippen LogP contribution in [0.5, 0.6) is 11.5 Å². The summed E-state index contributed by atoms with van der Waals surface area (Å²) in [6, 6.07) is 12.1. The lowest BCUT2D eigenvalue weighted by Gasteiger charge is -2.05. The first-order valence-corrected chi connectivity index (χ1v) is 7.41. The van der Waals surface area contributed by atoms with E-state index in [0.717, 1.165) is 0 Å². The molecule has 0 saturated heterocycles. The highest BCUT2D eigenvalue weighted by Crippen LogP contribution is 2.30. The molecule has 7 heteroatoms. The zero-order valence-corrected chi connectivity index (χ0v) is 13.6. The van der Waals surface area contributed by atoms with Gasteiger partial charge in [0, 0.05) is 10.0 Å². The molecule has 0 fully saturated rings. The average Bonchev–Trinajstić information content (AvgIpc) is 2.51. The van der Waals surface area contributed by atoms with Crippen molar-refractivity contribution in [1.82, 2.24) is 5.43 Å². The number of ether oxygens (including phenoxy) is 1. The normalized spacial score (nSPS) is 10.6. The molecule has 0 spiro atoms. The maximum absolute atomic E-state index is 11.6. The maximum atomic E-state index is 11.6. The van der Waals surface area contributed by atoms with Gasteiger partial charge in [0.05, 0.1) is 11.2 Å². The molecule has 0 unspecified atom stereocenters. The van der Waals surface area contributed by atoms with E-state index in [1.165, 1.54) is 6.21 Å². The second-order valence-corrected chi connectivity index (χ2v) is 5.54. The molecule has 0 aliphatic rings. The van der Waals surface area contributed by atoms with Gasteiger partial charge in [0.2, 0.25) is 0 Å². The number of para-hydroxylation sites is 1. The van der Waals surface area contributed by atoms with Crippen LogP contribution in [0.2, 0.25) is 5.02 Å². The van der Waals surface area contributed by atoms with Crippen molar-refractivity contribution in [1.29, 1.82) is 0 Å². The lowest BCUT2D eigenvalue weighted by molar-refractivity contribution is -0.123. The molecule has 2 rings (SSSR count). The number of carbonyl (C=O) groups excluding carboxylic acids is 1. The van der Waals surface area contributed by atoms with Crippen molar-refractivity contribution >= 4 is 39.7 Å². The Morgan fingerprint density at radius 2 is 2.09 bits per heavy atom. The molecule has 1 amide bonds. The van der Waals surface area contributed by atoms with E-state index >= 15 is 0 Å². The average molecular weight is 384 g/mol. The zero-order chi connectivity index (χ0) is 15.9. The first-order valence-electron chi connectivity index (χ1n) is 6.24. The predicted molar refractivity (Wildman–Crippen MR) is 88.5 cm³/mol. The van der Waals surface area contributed by atoms with Gasteiger partial charge < -0.3 is 9.84 Å². The number of hydrogen-bond donors (Lipinski definition) is 2. The van der Waals surface area contributed by atoms with Crippen LogP contribution < -0.4 is 10.2 Å². The SMILES string of the molecule is O=C(COc1ccccc1)N/N=C/c1cc(Br)cc(Cl)c1O. The zero-order valence-electron chi connectivity index (χ0n) is 11.3. The van der Waals surface area contributed by atoms with Crippen LogP contribution >= 0.6 is 27.5 Å². The highest BCUT2D eigenvalue weighted by Gasteiger charge is 2.06. The number of hydrogen-bond acceptors (Lipinski definition) is 4. The quantitative estimate of drug-likeness (QED) is 0.614. The topological polar surface area (TPSA) is 70.9 Å². The number of hydrazone groups is 1. The summed E-state index contributed by atoms with van der Waals surface area (Å²) >= 11 is 9.08. The minimum Gasteiger partial charge on any atom is -0.506 e. The summed E-state index contributed by atoms with van der Waals surface area (Å²) in [5, 5.41) is 13.7. The van der Waals surface area contributed by atoms with Gasteiger partial charge in [-0.2, -0.15) is 5.10 Å². The Hall–Kier alpha value is -2.05. The number of aromatic hydroxyl groups is 1. The number of phenolic OH excluding ortho intramolecular Hbond substituents is 1. The maximum Gasteiger partial charge on any atom is 0.277 e. The van der Waals surface area contributed by atoms with Crippen LogP contribution in [0.25, 0.3) is 0 Å². The van der Waals surface area contributed by atoms with E-state index in [9.17, 15) is 9.90 Å². The Morgan fingerprint density at radius 3 is 2.82 bits per heavy atom. The van der Waals surface area contributed by atoms with E-state index < -0.39 is 5.91 Å². The first-order chi connectivity index (χ1) is 10.6. The Morgan fingerprint density at radius 1 is 1.36 bits per heavy atom. The molecule has 5 nitrogen and oxygen atoms in total. The fourth-order valence-corrected chi connectivity index (χ4v) is 2.39. The van der Waals surface area contributed by atoms with Gasteiger partial charge in [-0.3, -0.25) is 4.79 Å². The molecule has 0 heterocycles. The van der Waals surface area contributed by atoms with Gasteiger partial charge in [0.15, 0.2) is 6.61 Å². The third-order valence-electron chi connectivity index (χ3n) is 2.56. The summed E-state index contributed by atoms with van der Waals surface area (Å²) in [6.45, 7) is -0.160. The third-order valence-corrected chi connectivity index (χ3v) is 3.31. The Kier molecular flexibility index (Phi) is 5.80. The van der Waals surface area contributed by atoms with Crippen molar-refractivity contribution in [2.45, 2.75) is 0 Å². The minimum absolute atomic E-state index is 0.108. The van der Waals surface area contributed by atoms with Crippen LogP contribution in [-0.4, -0.2) is 23.8 Å². The molecule has 0 bridgehead atoms. The minimum atomic E-state index is -0.416. The van der Waals surface area contributed by atoms with Crippen molar-refractivity contribution in [3.8, 4) is 11.5 Å². The molecule has 2 aromatic carbocycles. The molecule has 0 saturated carbocycles. The second kappa shape index (κ2) is 7.82. The summed E-state index contributed by atoms with van der Waals surface area (Å²) < 4.78 is 5.96. The van der Waals surface area contributed by atoms with Gasteiger partial charge in [0.25, 0.3) is 5.91 Å². The van der Waals surface area contributed by atoms with Crippen LogP contribution in [0, 0.1) is 0 Å². The van der Waals surface area contributed by atoms with Crippen LogP contribution in [0.4, 0.5) is 0 Å². The van der Waals surface area contributed by atoms with Gasteiger partial charge in [-0.15, -0.1) is 0 Å². The fraction of sp³-hybridized carbons (Fsp3) is 0.0667. The lowest BCUT2D eigenvalue weighted by Crippen LogP contribution is -2.24. The number of amides is 1. The van der Waals surface area contributed by atoms with Crippen molar-refractivity contribution in [2.75, 3.05) is 6.61 Å². The fourth-order valence-electron chi connectivity index (χ4n) is 1.56. The number of phenols is 1. The standard InChI is InChI=1S/C15H12BrClN2O3/c16-11-6-10(15(21)13(17)7-11)8-18-19-14(20)9-22-12-4-2-1-3-5-12/h1-8,21H,9H2,(H,19,20)/b18-8+. The predicted octanol–water partition coefficient (Wildman–Crippen LogP) is 3.34. The van der Waals surface area contributed by atoms with E-state index in [-0.39, 0.29) is 17.4 Å². The van der Waals surface area contributed by atoms with Gasteiger partial charge in [-0.1, -0.05) is 45.7 Å². The van der Waals surface area contributed by atoms with Crippen molar-refractivity contribution < 1.29 is 14.6 Å². The van der Waals surface area contributed by atoms with Crippen molar-refractivity contribution in [3.63, 3.8) is 0 Å². The summed E-state index contributed by atoms with van der Waals surface area (Å²) in [4.78, 5) is 11.6. The molecule has 0 aromatic heterocycles. The Bertz CT molecular complexity index is 693. The smallest absolute Gasteiger partial charge is 0.277 e. The van der Waals surface area contributed by atoms with Gasteiger partial charge in [0.1, 0.15) is 11.5 Å². The summed E-state index contributed by atoms with van der Waals surface area (Å²) in [5.74, 6) is 0.0714. The number of carbonyl (C=O) groups is 1. The van der Waals surface area contributed by atoms with Crippen LogP contribution in [0.1, 0.15) is 5.56 Å². The van der Waals surface area contributed by atoms with E-state index in [1.807, 2.05) is 18.2 Å². The van der Waals surface area contributed by atoms with E-state index in [0.29, 0.717) is 15.8 Å². The monoisotopic (exact) mass is 382 g/mol. The van der Waals surface area contributed by atoms with Gasteiger partial charge in [-0.25, -0.2) is 5.43 Å². The van der Waals surface area contributed by atoms with E-state index in [2.05, 4.69) is 26.5 Å². The first kappa shape index (κ1) is 16.3. The molecule has 2 aromatic rings. The van der Waals surface area contributed by atoms with E-state index in [4.69, 9.17) is 16.3 Å². The third kappa shape index (κ3) is 4.75. The Balaban J connectivity index is 1.88. The van der Waals surface area contributed by atoms with E-state index in [1.54, 1.807) is 24.3 Å². The van der Waals surface area contributed by atoms with Gasteiger partial charge in [-0.05, 0) is 24.3 Å². The summed E-state index contributed by atoms with van der Waals surface area (Å²) in [7, 11) is 0. The molecule has 0 aliphatic heterocycles. The lowest BCUT2D eigenvalue weighted by atomic mass is 10.2. The van der Waals surface area contributed by atoms with Crippen molar-refractivity contribution in [3.05, 3.63) is 57.5 Å². The molecule has 0 radical (unpaired) electrons. The number of halogens is 2. The highest BCUT2D eigenvalue weighted by molar-refractivity contribution is 9.10. The number of benzene rings is 2. The Labute approximate surface area is 140 Å². The summed E-state index contributed by atoms with van der Waals surface area (Å²) in [5.41, 5.74) is 2.68. The molecule has 114 valence electrons. The van der Waals surface area contributed by atoms with Crippen molar-refractivity contribution in [2.24, 2.45) is 5.10 Å². The van der Waals surface area contributed by atoms with Crippen LogP contribution in [0.3, 0.4) is 0 Å². The molecule has 22 heavy (non-hydrogen) atoms. The number of rotatable bonds is 5. The molecule has 0 aliphatic carbocycles. The number of nitrogens with one attached hydrogen (secondary N) is 1. The molecule has 2 N–H and O–H groups in total. The van der Waals surface area contributed by atoms with Crippen LogP contribution in [-0.2, 0) is 4.79 Å². The molecule has 0 atom stereocenters. The van der Waals surface area contributed by atoms with Crippen LogP contribution in [0.15, 0.2) is 52.0 Å². The highest BCUT2D eigenvalue weighted by atomic mass is 79.9. The molecular weight excluding hydrogens is 372 g/mol. The largest absolute Gasteiger partial charge is 0.506 e. The second-order valence-electron chi connectivity index (χ2n) is 4.22. The number of nitrogens with zero attached hydrogens (tertiary/aromatic N) is 1. The molecular formula is C15H12BrClN2O3. The van der Waals surface area contributed by atoms with Gasteiger partial charge >= 0.3 is 0 Å².